The molecule has 9 heteroatoms. The molecule has 0 saturated heterocycles. The second-order valence-electron chi connectivity index (χ2n) is 7.13. The molecule has 0 radical (unpaired) electrons. The number of carbonyl (C=O) groups excluding carboxylic acids is 2. The summed E-state index contributed by atoms with van der Waals surface area (Å²) in [4.78, 5) is 34.4. The van der Waals surface area contributed by atoms with Crippen LogP contribution in [-0.4, -0.2) is 39.4 Å². The molecule has 1 aliphatic rings. The van der Waals surface area contributed by atoms with Crippen LogP contribution in [0.1, 0.15) is 63.0 Å². The summed E-state index contributed by atoms with van der Waals surface area (Å²) < 4.78 is 11.4. The number of nitrogens with zero attached hydrogens (tertiary/aromatic N) is 3. The molecule has 1 aliphatic carbocycles. The van der Waals surface area contributed by atoms with Crippen LogP contribution in [0.2, 0.25) is 0 Å². The minimum absolute atomic E-state index is 0.101. The van der Waals surface area contributed by atoms with Crippen LogP contribution < -0.4 is 0 Å². The second-order valence-corrected chi connectivity index (χ2v) is 7.13. The van der Waals surface area contributed by atoms with Crippen molar-refractivity contribution < 1.29 is 24.0 Å². The molecule has 1 heterocycles. The summed E-state index contributed by atoms with van der Waals surface area (Å²) in [6.45, 7) is 5.05. The molecule has 0 aliphatic heterocycles. The molecule has 1 fully saturated rings. The Bertz CT molecular complexity index is 668. The summed E-state index contributed by atoms with van der Waals surface area (Å²) >= 11 is 0. The van der Waals surface area contributed by atoms with Gasteiger partial charge in [-0.2, -0.15) is 5.10 Å². The molecular formula is C16H23N3O6. The van der Waals surface area contributed by atoms with Crippen molar-refractivity contribution in [1.82, 2.24) is 9.78 Å². The first-order valence-corrected chi connectivity index (χ1v) is 8.17. The van der Waals surface area contributed by atoms with Crippen LogP contribution in [0.4, 0.5) is 5.69 Å². The van der Waals surface area contributed by atoms with Crippen LogP contribution in [0.3, 0.4) is 0 Å². The SMILES string of the molecule is COC(=O)C1CCC(n2cc([N+](=O)[O-])c(C(=O)OC(C)(C)C)n2)CC1. The molecule has 1 aromatic heterocycles. The summed E-state index contributed by atoms with van der Waals surface area (Å²) in [5.41, 5.74) is -1.44. The summed E-state index contributed by atoms with van der Waals surface area (Å²) in [5, 5.41) is 15.4. The maximum Gasteiger partial charge on any atom is 0.366 e. The number of carbonyl (C=O) groups is 2. The molecule has 2 rings (SSSR count). The standard InChI is InChI=1S/C16H23N3O6/c1-16(2,3)25-15(21)13-12(19(22)23)9-18(17-13)11-7-5-10(6-8-11)14(20)24-4/h9-11H,5-8H2,1-4H3. The van der Waals surface area contributed by atoms with Crippen molar-refractivity contribution in [2.24, 2.45) is 5.92 Å². The molecule has 25 heavy (non-hydrogen) atoms. The van der Waals surface area contributed by atoms with Crippen molar-refractivity contribution in [2.75, 3.05) is 7.11 Å². The molecule has 0 atom stereocenters. The number of hydrogen-bond acceptors (Lipinski definition) is 7. The lowest BCUT2D eigenvalue weighted by Crippen LogP contribution is -2.26. The van der Waals surface area contributed by atoms with Crippen LogP contribution in [-0.2, 0) is 14.3 Å². The maximum absolute atomic E-state index is 12.2. The highest BCUT2D eigenvalue weighted by Crippen LogP contribution is 2.34. The molecule has 0 spiro atoms. The van der Waals surface area contributed by atoms with E-state index in [2.05, 4.69) is 5.10 Å². The lowest BCUT2D eigenvalue weighted by atomic mass is 9.86. The molecule has 1 aromatic rings. The highest BCUT2D eigenvalue weighted by atomic mass is 16.6. The van der Waals surface area contributed by atoms with Gasteiger partial charge < -0.3 is 9.47 Å². The van der Waals surface area contributed by atoms with E-state index in [1.165, 1.54) is 18.0 Å². The van der Waals surface area contributed by atoms with E-state index in [-0.39, 0.29) is 29.3 Å². The van der Waals surface area contributed by atoms with Gasteiger partial charge in [0.2, 0.25) is 5.69 Å². The number of aromatic nitrogens is 2. The van der Waals surface area contributed by atoms with E-state index in [1.54, 1.807) is 20.8 Å². The minimum Gasteiger partial charge on any atom is -0.469 e. The third-order valence-corrected chi connectivity index (χ3v) is 4.11. The van der Waals surface area contributed by atoms with Crippen molar-refractivity contribution in [3.05, 3.63) is 22.0 Å². The number of hydrogen-bond donors (Lipinski definition) is 0. The van der Waals surface area contributed by atoms with Gasteiger partial charge in [-0.15, -0.1) is 0 Å². The quantitative estimate of drug-likeness (QED) is 0.464. The topological polar surface area (TPSA) is 114 Å². The van der Waals surface area contributed by atoms with Crippen LogP contribution in [0, 0.1) is 16.0 Å². The van der Waals surface area contributed by atoms with Crippen molar-refractivity contribution in [1.29, 1.82) is 0 Å². The van der Waals surface area contributed by atoms with Gasteiger partial charge in [-0.1, -0.05) is 0 Å². The van der Waals surface area contributed by atoms with E-state index < -0.39 is 16.5 Å². The molecule has 0 amide bonds. The molecule has 0 unspecified atom stereocenters. The zero-order chi connectivity index (χ0) is 18.8. The lowest BCUT2D eigenvalue weighted by Gasteiger charge is -2.26. The number of methoxy groups -OCH3 is 1. The van der Waals surface area contributed by atoms with Crippen LogP contribution >= 0.6 is 0 Å². The molecule has 0 bridgehead atoms. The number of esters is 2. The Balaban J connectivity index is 2.18. The first kappa shape index (κ1) is 18.9. The van der Waals surface area contributed by atoms with E-state index in [4.69, 9.17) is 9.47 Å². The Morgan fingerprint density at radius 3 is 2.36 bits per heavy atom. The Morgan fingerprint density at radius 1 is 1.28 bits per heavy atom. The Labute approximate surface area is 145 Å². The van der Waals surface area contributed by atoms with Gasteiger partial charge in [0.1, 0.15) is 11.8 Å². The van der Waals surface area contributed by atoms with Gasteiger partial charge in [0.15, 0.2) is 0 Å². The van der Waals surface area contributed by atoms with Gasteiger partial charge in [-0.3, -0.25) is 19.6 Å². The van der Waals surface area contributed by atoms with Gasteiger partial charge >= 0.3 is 17.6 Å². The predicted octanol–water partition coefficient (Wildman–Crippen LogP) is 2.65. The normalized spacial score (nSPS) is 20.8. The van der Waals surface area contributed by atoms with E-state index in [0.717, 1.165) is 0 Å². The smallest absolute Gasteiger partial charge is 0.366 e. The number of nitro groups is 1. The Kier molecular flexibility index (Phi) is 5.44. The van der Waals surface area contributed by atoms with Gasteiger partial charge in [0.05, 0.1) is 24.0 Å². The fourth-order valence-corrected chi connectivity index (χ4v) is 2.92. The second kappa shape index (κ2) is 7.20. The van der Waals surface area contributed by atoms with Gasteiger partial charge in [0.25, 0.3) is 0 Å². The monoisotopic (exact) mass is 353 g/mol. The lowest BCUT2D eigenvalue weighted by molar-refractivity contribution is -0.385. The molecule has 0 N–H and O–H groups in total. The largest absolute Gasteiger partial charge is 0.469 e. The Morgan fingerprint density at radius 2 is 1.88 bits per heavy atom. The van der Waals surface area contributed by atoms with E-state index in [0.29, 0.717) is 25.7 Å². The highest BCUT2D eigenvalue weighted by Gasteiger charge is 2.33. The average molecular weight is 353 g/mol. The molecule has 1 saturated carbocycles. The summed E-state index contributed by atoms with van der Waals surface area (Å²) in [7, 11) is 1.36. The zero-order valence-electron chi connectivity index (χ0n) is 14.9. The van der Waals surface area contributed by atoms with E-state index in [9.17, 15) is 19.7 Å². The third-order valence-electron chi connectivity index (χ3n) is 4.11. The van der Waals surface area contributed by atoms with Gasteiger partial charge in [-0.05, 0) is 46.5 Å². The minimum atomic E-state index is -0.818. The molecule has 0 aromatic carbocycles. The molecular weight excluding hydrogens is 330 g/mol. The van der Waals surface area contributed by atoms with Crippen molar-refractivity contribution in [2.45, 2.75) is 58.1 Å². The zero-order valence-corrected chi connectivity index (χ0v) is 14.9. The summed E-state index contributed by atoms with van der Waals surface area (Å²) in [5.74, 6) is -1.21. The van der Waals surface area contributed by atoms with Crippen LogP contribution in [0.5, 0.6) is 0 Å². The van der Waals surface area contributed by atoms with Gasteiger partial charge in [0, 0.05) is 0 Å². The van der Waals surface area contributed by atoms with Crippen LogP contribution in [0.15, 0.2) is 6.20 Å². The highest BCUT2D eigenvalue weighted by molar-refractivity contribution is 5.91. The van der Waals surface area contributed by atoms with Crippen molar-refractivity contribution in [3.63, 3.8) is 0 Å². The third kappa shape index (κ3) is 4.55. The van der Waals surface area contributed by atoms with Crippen LogP contribution in [0.25, 0.3) is 0 Å². The number of rotatable bonds is 4. The van der Waals surface area contributed by atoms with E-state index >= 15 is 0 Å². The summed E-state index contributed by atoms with van der Waals surface area (Å²) in [6, 6.07) is -0.101. The van der Waals surface area contributed by atoms with Gasteiger partial charge in [-0.25, -0.2) is 4.79 Å². The fourth-order valence-electron chi connectivity index (χ4n) is 2.92. The Hall–Kier alpha value is -2.45. The summed E-state index contributed by atoms with van der Waals surface area (Å²) in [6.07, 6.45) is 3.76. The molecule has 9 nitrogen and oxygen atoms in total. The number of ether oxygens (including phenoxy) is 2. The molecule has 138 valence electrons. The average Bonchev–Trinajstić information content (AvgIpc) is 2.98. The first-order chi connectivity index (χ1) is 11.6. The van der Waals surface area contributed by atoms with E-state index in [1.807, 2.05) is 0 Å². The fraction of sp³-hybridized carbons (Fsp3) is 0.688. The van der Waals surface area contributed by atoms with Crippen molar-refractivity contribution >= 4 is 17.6 Å². The first-order valence-electron chi connectivity index (χ1n) is 8.17. The maximum atomic E-state index is 12.2. The van der Waals surface area contributed by atoms with Crippen molar-refractivity contribution in [3.8, 4) is 0 Å². The predicted molar refractivity (Wildman–Crippen MR) is 87.1 cm³/mol.